The molecule has 1 amide bonds. The second-order valence-corrected chi connectivity index (χ2v) is 7.32. The van der Waals surface area contributed by atoms with E-state index in [0.29, 0.717) is 23.4 Å². The summed E-state index contributed by atoms with van der Waals surface area (Å²) in [5, 5.41) is 5.17. The molecule has 2 aliphatic rings. The van der Waals surface area contributed by atoms with Crippen LogP contribution in [0.3, 0.4) is 0 Å². The molecule has 0 aliphatic carbocycles. The number of carbonyl (C=O) groups excluding carboxylic acids is 1. The van der Waals surface area contributed by atoms with Gasteiger partial charge in [0.2, 0.25) is 5.89 Å². The zero-order valence-corrected chi connectivity index (χ0v) is 14.1. The van der Waals surface area contributed by atoms with Crippen molar-refractivity contribution in [2.45, 2.75) is 44.7 Å². The van der Waals surface area contributed by atoms with Gasteiger partial charge >= 0.3 is 0 Å². The van der Waals surface area contributed by atoms with Crippen LogP contribution >= 0.6 is 11.3 Å². The molecule has 2 aromatic heterocycles. The topological polar surface area (TPSA) is 58.4 Å². The molecule has 0 radical (unpaired) electrons. The molecule has 1 N–H and O–H groups in total. The summed E-state index contributed by atoms with van der Waals surface area (Å²) >= 11 is 1.56. The Morgan fingerprint density at radius 3 is 3.13 bits per heavy atom. The first-order chi connectivity index (χ1) is 11.2. The minimum atomic E-state index is -0.105. The van der Waals surface area contributed by atoms with E-state index in [0.717, 1.165) is 17.8 Å². The van der Waals surface area contributed by atoms with E-state index in [1.165, 1.54) is 25.8 Å². The second kappa shape index (κ2) is 6.09. The van der Waals surface area contributed by atoms with E-state index in [1.807, 2.05) is 17.5 Å². The van der Waals surface area contributed by atoms with E-state index in [9.17, 15) is 4.79 Å². The van der Waals surface area contributed by atoms with Crippen molar-refractivity contribution < 1.29 is 9.21 Å². The fourth-order valence-electron chi connectivity index (χ4n) is 3.77. The lowest BCUT2D eigenvalue weighted by molar-refractivity contribution is 0.0909. The van der Waals surface area contributed by atoms with Crippen molar-refractivity contribution in [3.05, 3.63) is 29.0 Å². The van der Waals surface area contributed by atoms with Crippen LogP contribution in [0.25, 0.3) is 10.8 Å². The Morgan fingerprint density at radius 1 is 1.39 bits per heavy atom. The molecule has 6 heteroatoms. The second-order valence-electron chi connectivity index (χ2n) is 6.37. The number of aromatic nitrogens is 1. The lowest BCUT2D eigenvalue weighted by atomic mass is 9.99. The average Bonchev–Trinajstić information content (AvgIpc) is 3.27. The molecule has 2 atom stereocenters. The smallest absolute Gasteiger partial charge is 0.273 e. The molecule has 4 heterocycles. The summed E-state index contributed by atoms with van der Waals surface area (Å²) in [5.74, 6) is 1.02. The molecule has 23 heavy (non-hydrogen) atoms. The highest BCUT2D eigenvalue weighted by molar-refractivity contribution is 7.13. The fourth-order valence-corrected chi connectivity index (χ4v) is 4.41. The lowest BCUT2D eigenvalue weighted by Gasteiger charge is -2.32. The third-order valence-electron chi connectivity index (χ3n) is 4.92. The Hall–Kier alpha value is -1.66. The summed E-state index contributed by atoms with van der Waals surface area (Å²) < 4.78 is 5.68. The largest absolute Gasteiger partial charge is 0.440 e. The molecule has 0 aromatic carbocycles. The maximum atomic E-state index is 12.6. The number of amides is 1. The number of thiophene rings is 1. The Labute approximate surface area is 139 Å². The Balaban J connectivity index is 1.49. The maximum Gasteiger partial charge on any atom is 0.273 e. The molecular formula is C17H21N3O2S. The normalized spacial score (nSPS) is 24.6. The first-order valence-corrected chi connectivity index (χ1v) is 9.16. The molecule has 2 aliphatic heterocycles. The van der Waals surface area contributed by atoms with Crippen LogP contribution in [0.15, 0.2) is 21.9 Å². The predicted octanol–water partition coefficient (Wildman–Crippen LogP) is 3.07. The highest BCUT2D eigenvalue weighted by atomic mass is 32.1. The summed E-state index contributed by atoms with van der Waals surface area (Å²) in [7, 11) is 0. The minimum Gasteiger partial charge on any atom is -0.440 e. The number of oxazole rings is 1. The van der Waals surface area contributed by atoms with Gasteiger partial charge in [0, 0.05) is 18.6 Å². The number of fused-ring (bicyclic) bond motifs is 1. The standard InChI is InChI=1S/C17H21N3O2S/c1-11-15(19-17(22-11)14-6-4-10-23-14)16(21)18-12-7-9-20-8-3-2-5-13(12)20/h4,6,10,12-13H,2-3,5,7-9H2,1H3,(H,18,21)/t12-,13-/m0/s1. The quantitative estimate of drug-likeness (QED) is 0.939. The highest BCUT2D eigenvalue weighted by Crippen LogP contribution is 2.28. The molecule has 2 fully saturated rings. The van der Waals surface area contributed by atoms with Gasteiger partial charge in [0.05, 0.1) is 4.88 Å². The van der Waals surface area contributed by atoms with Gasteiger partial charge in [0.15, 0.2) is 5.69 Å². The SMILES string of the molecule is Cc1oc(-c2cccs2)nc1C(=O)N[C@H]1CCN2CCCC[C@@H]12. The molecule has 122 valence electrons. The highest BCUT2D eigenvalue weighted by Gasteiger charge is 2.36. The van der Waals surface area contributed by atoms with E-state index in [-0.39, 0.29) is 11.9 Å². The molecule has 0 bridgehead atoms. The lowest BCUT2D eigenvalue weighted by Crippen LogP contribution is -2.46. The Bertz CT molecular complexity index is 695. The third-order valence-corrected chi connectivity index (χ3v) is 5.77. The van der Waals surface area contributed by atoms with Gasteiger partial charge in [-0.15, -0.1) is 11.3 Å². The van der Waals surface area contributed by atoms with E-state index in [1.54, 1.807) is 18.3 Å². The van der Waals surface area contributed by atoms with Crippen LogP contribution in [-0.2, 0) is 0 Å². The summed E-state index contributed by atoms with van der Waals surface area (Å²) in [4.78, 5) is 20.5. The number of nitrogens with zero attached hydrogens (tertiary/aromatic N) is 2. The molecule has 0 spiro atoms. The van der Waals surface area contributed by atoms with Gasteiger partial charge < -0.3 is 9.73 Å². The first-order valence-electron chi connectivity index (χ1n) is 8.28. The fraction of sp³-hybridized carbons (Fsp3) is 0.529. The van der Waals surface area contributed by atoms with Gasteiger partial charge in [-0.05, 0) is 44.2 Å². The van der Waals surface area contributed by atoms with E-state index >= 15 is 0 Å². The van der Waals surface area contributed by atoms with Crippen molar-refractivity contribution in [3.8, 4) is 10.8 Å². The number of aryl methyl sites for hydroxylation is 1. The van der Waals surface area contributed by atoms with Gasteiger partial charge in [-0.3, -0.25) is 9.69 Å². The molecule has 2 saturated heterocycles. The monoisotopic (exact) mass is 331 g/mol. The van der Waals surface area contributed by atoms with Crippen LogP contribution in [0, 0.1) is 6.92 Å². The van der Waals surface area contributed by atoms with Gasteiger partial charge in [-0.25, -0.2) is 4.98 Å². The van der Waals surface area contributed by atoms with Crippen molar-refractivity contribution in [2.24, 2.45) is 0 Å². The number of piperidine rings is 1. The third kappa shape index (κ3) is 2.81. The summed E-state index contributed by atoms with van der Waals surface area (Å²) in [6.45, 7) is 4.07. The molecule has 0 saturated carbocycles. The Kier molecular flexibility index (Phi) is 3.95. The molecule has 2 aromatic rings. The van der Waals surface area contributed by atoms with Crippen LogP contribution < -0.4 is 5.32 Å². The zero-order chi connectivity index (χ0) is 15.8. The Morgan fingerprint density at radius 2 is 2.30 bits per heavy atom. The molecular weight excluding hydrogens is 310 g/mol. The number of nitrogens with one attached hydrogen (secondary N) is 1. The van der Waals surface area contributed by atoms with Gasteiger partial charge in [-0.2, -0.15) is 0 Å². The van der Waals surface area contributed by atoms with Crippen molar-refractivity contribution in [3.63, 3.8) is 0 Å². The summed E-state index contributed by atoms with van der Waals surface area (Å²) in [6.07, 6.45) is 4.76. The number of hydrogen-bond donors (Lipinski definition) is 1. The van der Waals surface area contributed by atoms with Crippen LogP contribution in [0.2, 0.25) is 0 Å². The average molecular weight is 331 g/mol. The summed E-state index contributed by atoms with van der Waals surface area (Å²) in [5.41, 5.74) is 0.419. The zero-order valence-electron chi connectivity index (χ0n) is 13.2. The van der Waals surface area contributed by atoms with Crippen LogP contribution in [0.4, 0.5) is 0 Å². The maximum absolute atomic E-state index is 12.6. The summed E-state index contributed by atoms with van der Waals surface area (Å²) in [6, 6.07) is 4.64. The molecule has 5 nitrogen and oxygen atoms in total. The van der Waals surface area contributed by atoms with E-state index in [4.69, 9.17) is 4.42 Å². The van der Waals surface area contributed by atoms with Gasteiger partial charge in [0.25, 0.3) is 5.91 Å². The van der Waals surface area contributed by atoms with Crippen LogP contribution in [-0.4, -0.2) is 41.0 Å². The molecule has 4 rings (SSSR count). The number of rotatable bonds is 3. The van der Waals surface area contributed by atoms with Gasteiger partial charge in [-0.1, -0.05) is 12.5 Å². The van der Waals surface area contributed by atoms with Crippen molar-refractivity contribution in [1.29, 1.82) is 0 Å². The van der Waals surface area contributed by atoms with Gasteiger partial charge in [0.1, 0.15) is 5.76 Å². The minimum absolute atomic E-state index is 0.105. The molecule has 0 unspecified atom stereocenters. The number of hydrogen-bond acceptors (Lipinski definition) is 5. The van der Waals surface area contributed by atoms with Crippen molar-refractivity contribution in [1.82, 2.24) is 15.2 Å². The van der Waals surface area contributed by atoms with Crippen molar-refractivity contribution in [2.75, 3.05) is 13.1 Å². The van der Waals surface area contributed by atoms with E-state index in [2.05, 4.69) is 15.2 Å². The van der Waals surface area contributed by atoms with E-state index < -0.39 is 0 Å². The predicted molar refractivity (Wildman–Crippen MR) is 89.6 cm³/mol. The first kappa shape index (κ1) is 14.9. The van der Waals surface area contributed by atoms with Crippen molar-refractivity contribution >= 4 is 17.2 Å². The number of carbonyl (C=O) groups is 1. The van der Waals surface area contributed by atoms with Crippen LogP contribution in [0.5, 0.6) is 0 Å². The van der Waals surface area contributed by atoms with Crippen LogP contribution in [0.1, 0.15) is 41.9 Å².